The number of hydrogen-bond donors (Lipinski definition) is 1. The standard InChI is InChI=1S/C27H38FN3O4S/c1-19(25(33)29-27(5,6)7)30(17-20-11-9-10-12-23(20)28)24(32)18-31(36(8,34)35)22-15-13-21(14-16-22)26(2,3)4/h9-16,19H,17-18H2,1-8H3,(H,29,33)/t19-/m0/s1. The number of rotatable bonds is 8. The summed E-state index contributed by atoms with van der Waals surface area (Å²) in [6.45, 7) is 12.4. The van der Waals surface area contributed by atoms with Crippen LogP contribution in [0.5, 0.6) is 0 Å². The second-order valence-electron chi connectivity index (χ2n) is 11.1. The highest BCUT2D eigenvalue weighted by atomic mass is 32.2. The number of nitrogens with one attached hydrogen (secondary N) is 1. The van der Waals surface area contributed by atoms with Gasteiger partial charge in [-0.05, 0) is 56.9 Å². The van der Waals surface area contributed by atoms with Crippen LogP contribution in [0.25, 0.3) is 0 Å². The van der Waals surface area contributed by atoms with Crippen LogP contribution in [0.15, 0.2) is 48.5 Å². The molecule has 2 amide bonds. The lowest BCUT2D eigenvalue weighted by Crippen LogP contribution is -2.54. The molecule has 2 rings (SSSR count). The molecule has 0 heterocycles. The first-order valence-corrected chi connectivity index (χ1v) is 13.7. The zero-order valence-electron chi connectivity index (χ0n) is 22.4. The van der Waals surface area contributed by atoms with Gasteiger partial charge in [0.25, 0.3) is 0 Å². The van der Waals surface area contributed by atoms with Crippen LogP contribution in [0.3, 0.4) is 0 Å². The molecule has 0 aliphatic rings. The Morgan fingerprint density at radius 1 is 0.972 bits per heavy atom. The highest BCUT2D eigenvalue weighted by Crippen LogP contribution is 2.26. The van der Waals surface area contributed by atoms with Crippen LogP contribution < -0.4 is 9.62 Å². The van der Waals surface area contributed by atoms with Crippen LogP contribution in [-0.2, 0) is 31.6 Å². The molecule has 0 unspecified atom stereocenters. The van der Waals surface area contributed by atoms with Crippen molar-refractivity contribution in [1.82, 2.24) is 10.2 Å². The van der Waals surface area contributed by atoms with Gasteiger partial charge in [0.05, 0.1) is 11.9 Å². The normalized spacial score (nSPS) is 13.1. The summed E-state index contributed by atoms with van der Waals surface area (Å²) < 4.78 is 40.8. The average molecular weight is 520 g/mol. The molecule has 2 aromatic rings. The van der Waals surface area contributed by atoms with Crippen molar-refractivity contribution in [2.75, 3.05) is 17.1 Å². The fourth-order valence-corrected chi connectivity index (χ4v) is 4.46. The monoisotopic (exact) mass is 519 g/mol. The topological polar surface area (TPSA) is 86.8 Å². The molecule has 1 N–H and O–H groups in total. The molecule has 2 aromatic carbocycles. The van der Waals surface area contributed by atoms with Crippen molar-refractivity contribution >= 4 is 27.5 Å². The lowest BCUT2D eigenvalue weighted by Gasteiger charge is -2.33. The van der Waals surface area contributed by atoms with Gasteiger partial charge in [-0.15, -0.1) is 0 Å². The zero-order chi connectivity index (χ0) is 27.5. The van der Waals surface area contributed by atoms with E-state index in [1.54, 1.807) is 25.1 Å². The lowest BCUT2D eigenvalue weighted by atomic mass is 9.87. The molecule has 0 bridgehead atoms. The Kier molecular flexibility index (Phi) is 8.94. The lowest BCUT2D eigenvalue weighted by molar-refractivity contribution is -0.140. The smallest absolute Gasteiger partial charge is 0.244 e. The molecule has 0 aliphatic carbocycles. The number of nitrogens with zero attached hydrogens (tertiary/aromatic N) is 2. The van der Waals surface area contributed by atoms with Gasteiger partial charge in [0.1, 0.15) is 18.4 Å². The highest BCUT2D eigenvalue weighted by Gasteiger charge is 2.32. The number of anilines is 1. The second-order valence-corrected chi connectivity index (χ2v) is 13.0. The van der Waals surface area contributed by atoms with Crippen molar-refractivity contribution < 1.29 is 22.4 Å². The first-order valence-electron chi connectivity index (χ1n) is 11.8. The number of carbonyl (C=O) groups is 2. The van der Waals surface area contributed by atoms with Gasteiger partial charge >= 0.3 is 0 Å². The SMILES string of the molecule is C[C@@H](C(=O)NC(C)(C)C)N(Cc1ccccc1F)C(=O)CN(c1ccc(C(C)(C)C)cc1)S(C)(=O)=O. The van der Waals surface area contributed by atoms with Crippen LogP contribution in [0, 0.1) is 5.82 Å². The van der Waals surface area contributed by atoms with E-state index in [1.807, 2.05) is 53.7 Å². The minimum Gasteiger partial charge on any atom is -0.350 e. The van der Waals surface area contributed by atoms with E-state index in [2.05, 4.69) is 5.32 Å². The van der Waals surface area contributed by atoms with E-state index in [9.17, 15) is 22.4 Å². The molecule has 9 heteroatoms. The van der Waals surface area contributed by atoms with Crippen LogP contribution in [0.1, 0.15) is 59.6 Å². The molecule has 0 saturated carbocycles. The molecule has 0 fully saturated rings. The molecule has 36 heavy (non-hydrogen) atoms. The summed E-state index contributed by atoms with van der Waals surface area (Å²) in [5.74, 6) is -1.57. The van der Waals surface area contributed by atoms with Gasteiger partial charge in [-0.3, -0.25) is 13.9 Å². The highest BCUT2D eigenvalue weighted by molar-refractivity contribution is 7.92. The summed E-state index contributed by atoms with van der Waals surface area (Å²) in [4.78, 5) is 27.7. The van der Waals surface area contributed by atoms with E-state index in [0.717, 1.165) is 16.1 Å². The van der Waals surface area contributed by atoms with Crippen molar-refractivity contribution in [2.24, 2.45) is 0 Å². The number of amides is 2. The van der Waals surface area contributed by atoms with Gasteiger partial charge in [0.15, 0.2) is 0 Å². The number of carbonyl (C=O) groups excluding carboxylic acids is 2. The molecule has 0 spiro atoms. The minimum atomic E-state index is -3.84. The van der Waals surface area contributed by atoms with Crippen molar-refractivity contribution in [3.63, 3.8) is 0 Å². The molecule has 198 valence electrons. The fraction of sp³-hybridized carbons (Fsp3) is 0.481. The maximum absolute atomic E-state index is 14.5. The number of hydrogen-bond acceptors (Lipinski definition) is 4. The molecule has 7 nitrogen and oxygen atoms in total. The molecule has 0 radical (unpaired) electrons. The molecule has 1 atom stereocenters. The third kappa shape index (κ3) is 8.05. The van der Waals surface area contributed by atoms with E-state index in [4.69, 9.17) is 0 Å². The molecular weight excluding hydrogens is 481 g/mol. The van der Waals surface area contributed by atoms with Crippen molar-refractivity contribution in [2.45, 2.75) is 72.0 Å². The summed E-state index contributed by atoms with van der Waals surface area (Å²) in [5, 5.41) is 2.83. The van der Waals surface area contributed by atoms with Gasteiger partial charge in [0, 0.05) is 17.6 Å². The molecular formula is C27H38FN3O4S. The number of benzene rings is 2. The fourth-order valence-electron chi connectivity index (χ4n) is 3.61. The Morgan fingerprint density at radius 2 is 1.53 bits per heavy atom. The van der Waals surface area contributed by atoms with Gasteiger partial charge in [-0.2, -0.15) is 0 Å². The van der Waals surface area contributed by atoms with E-state index < -0.39 is 45.8 Å². The molecule has 0 aromatic heterocycles. The van der Waals surface area contributed by atoms with Crippen LogP contribution in [0.2, 0.25) is 0 Å². The maximum atomic E-state index is 14.5. The third-order valence-corrected chi connectivity index (χ3v) is 6.81. The second kappa shape index (κ2) is 11.0. The Balaban J connectivity index is 2.43. The van der Waals surface area contributed by atoms with Gasteiger partial charge in [-0.25, -0.2) is 12.8 Å². The zero-order valence-corrected chi connectivity index (χ0v) is 23.2. The summed E-state index contributed by atoms with van der Waals surface area (Å²) in [6, 6.07) is 12.0. The van der Waals surface area contributed by atoms with Gasteiger partial charge in [0.2, 0.25) is 21.8 Å². The van der Waals surface area contributed by atoms with Crippen molar-refractivity contribution in [3.05, 3.63) is 65.5 Å². The Labute approximate surface area is 214 Å². The quantitative estimate of drug-likeness (QED) is 0.566. The summed E-state index contributed by atoms with van der Waals surface area (Å²) >= 11 is 0. The molecule has 0 saturated heterocycles. The van der Waals surface area contributed by atoms with Crippen LogP contribution in [0.4, 0.5) is 10.1 Å². The van der Waals surface area contributed by atoms with E-state index in [-0.39, 0.29) is 17.5 Å². The summed E-state index contributed by atoms with van der Waals surface area (Å²) in [6.07, 6.45) is 1.02. The third-order valence-electron chi connectivity index (χ3n) is 5.66. The Morgan fingerprint density at radius 3 is 2.00 bits per heavy atom. The maximum Gasteiger partial charge on any atom is 0.244 e. The van der Waals surface area contributed by atoms with E-state index in [0.29, 0.717) is 5.69 Å². The first-order chi connectivity index (χ1) is 16.4. The van der Waals surface area contributed by atoms with Crippen LogP contribution >= 0.6 is 0 Å². The first kappa shape index (κ1) is 29.3. The summed E-state index contributed by atoms with van der Waals surface area (Å²) in [5.41, 5.74) is 0.889. The predicted molar refractivity (Wildman–Crippen MR) is 142 cm³/mol. The predicted octanol–water partition coefficient (Wildman–Crippen LogP) is 4.22. The molecule has 0 aliphatic heterocycles. The van der Waals surface area contributed by atoms with Crippen LogP contribution in [-0.4, -0.2) is 49.5 Å². The van der Waals surface area contributed by atoms with E-state index >= 15 is 0 Å². The number of halogens is 1. The number of sulfonamides is 1. The minimum absolute atomic E-state index is 0.128. The van der Waals surface area contributed by atoms with Gasteiger partial charge in [-0.1, -0.05) is 51.1 Å². The van der Waals surface area contributed by atoms with Crippen molar-refractivity contribution in [1.29, 1.82) is 0 Å². The Hall–Kier alpha value is -2.94. The largest absolute Gasteiger partial charge is 0.350 e. The van der Waals surface area contributed by atoms with Crippen molar-refractivity contribution in [3.8, 4) is 0 Å². The average Bonchev–Trinajstić information content (AvgIpc) is 2.74. The van der Waals surface area contributed by atoms with Gasteiger partial charge < -0.3 is 10.2 Å². The summed E-state index contributed by atoms with van der Waals surface area (Å²) in [7, 11) is -3.84. The Bertz CT molecular complexity index is 1180. The van der Waals surface area contributed by atoms with E-state index in [1.165, 1.54) is 23.1 Å².